The van der Waals surface area contributed by atoms with E-state index in [9.17, 15) is 0 Å². The van der Waals surface area contributed by atoms with Crippen LogP contribution in [-0.2, 0) is 7.05 Å². The van der Waals surface area contributed by atoms with Crippen molar-refractivity contribution in [1.82, 2.24) is 0 Å². The third-order valence-corrected chi connectivity index (χ3v) is 4.08. The van der Waals surface area contributed by atoms with E-state index in [2.05, 4.69) is 0 Å². The summed E-state index contributed by atoms with van der Waals surface area (Å²) >= 11 is 12.0. The van der Waals surface area contributed by atoms with Crippen molar-refractivity contribution in [3.63, 3.8) is 0 Å². The topological polar surface area (TPSA) is 17.0 Å². The van der Waals surface area contributed by atoms with Crippen LogP contribution in [0.5, 0.6) is 0 Å². The second-order valence-corrected chi connectivity index (χ2v) is 5.72. The Labute approximate surface area is 162 Å². The van der Waals surface area contributed by atoms with Crippen LogP contribution >= 0.6 is 23.2 Å². The van der Waals surface area contributed by atoms with Gasteiger partial charge in [-0.3, -0.25) is 0 Å². The molecule has 1 aromatic carbocycles. The number of furan rings is 1. The van der Waals surface area contributed by atoms with Gasteiger partial charge in [-0.2, -0.15) is 0 Å². The van der Waals surface area contributed by atoms with Crippen LogP contribution < -0.4 is 28.5 Å². The molecule has 2 heterocycles. The van der Waals surface area contributed by atoms with Crippen molar-refractivity contribution in [3.8, 4) is 11.3 Å². The number of hydrogen-bond acceptors (Lipinski definition) is 1. The van der Waals surface area contributed by atoms with Crippen molar-refractivity contribution in [2.75, 3.05) is 0 Å². The number of halogens is 3. The standard InChI is InChI=1S/C18H14Cl2NO.HI/c1-21-11-3-2-4-14(21)6-7-15-8-10-18(22-15)13-5-9-16(19)17(20)12-13;/h2-12H,1H3;1H/q+1;/p-1/b7-6+;. The summed E-state index contributed by atoms with van der Waals surface area (Å²) < 4.78 is 7.87. The zero-order valence-electron chi connectivity index (χ0n) is 12.3. The van der Waals surface area contributed by atoms with E-state index >= 15 is 0 Å². The Hall–Kier alpha value is -1.30. The monoisotopic (exact) mass is 457 g/mol. The first-order valence-electron chi connectivity index (χ1n) is 6.81. The fraction of sp³-hybridized carbons (Fsp3) is 0.0556. The van der Waals surface area contributed by atoms with Gasteiger partial charge >= 0.3 is 0 Å². The van der Waals surface area contributed by atoms with Crippen LogP contribution in [0.4, 0.5) is 0 Å². The zero-order valence-corrected chi connectivity index (χ0v) is 16.0. The van der Waals surface area contributed by atoms with E-state index in [4.69, 9.17) is 27.6 Å². The molecule has 0 saturated heterocycles. The Balaban J connectivity index is 0.00000192. The molecule has 0 N–H and O–H groups in total. The molecule has 2 aromatic heterocycles. The molecule has 118 valence electrons. The van der Waals surface area contributed by atoms with Crippen molar-refractivity contribution >= 4 is 35.4 Å². The fourth-order valence-corrected chi connectivity index (χ4v) is 2.42. The Morgan fingerprint density at radius 3 is 2.52 bits per heavy atom. The third-order valence-electron chi connectivity index (χ3n) is 3.34. The lowest BCUT2D eigenvalue weighted by atomic mass is 10.2. The van der Waals surface area contributed by atoms with Gasteiger partial charge in [0.25, 0.3) is 0 Å². The minimum atomic E-state index is 0. The molecule has 2 nitrogen and oxygen atoms in total. The Bertz CT molecular complexity index is 843. The van der Waals surface area contributed by atoms with E-state index in [1.807, 2.05) is 66.4 Å². The van der Waals surface area contributed by atoms with Crippen molar-refractivity contribution in [3.05, 3.63) is 76.2 Å². The number of aryl methyl sites for hydroxylation is 1. The number of rotatable bonds is 3. The molecule has 0 aliphatic carbocycles. The summed E-state index contributed by atoms with van der Waals surface area (Å²) in [5.41, 5.74) is 1.99. The van der Waals surface area contributed by atoms with E-state index in [0.717, 1.165) is 22.8 Å². The van der Waals surface area contributed by atoms with Crippen molar-refractivity contribution in [2.45, 2.75) is 0 Å². The molecule has 0 bridgehead atoms. The maximum atomic E-state index is 6.04. The summed E-state index contributed by atoms with van der Waals surface area (Å²) in [6.45, 7) is 0. The highest BCUT2D eigenvalue weighted by molar-refractivity contribution is 6.42. The van der Waals surface area contributed by atoms with Crippen LogP contribution in [0.1, 0.15) is 11.5 Å². The van der Waals surface area contributed by atoms with Crippen LogP contribution in [-0.4, -0.2) is 0 Å². The van der Waals surface area contributed by atoms with E-state index < -0.39 is 0 Å². The molecule has 0 fully saturated rings. The summed E-state index contributed by atoms with van der Waals surface area (Å²) in [5.74, 6) is 1.54. The molecule has 0 aliphatic rings. The summed E-state index contributed by atoms with van der Waals surface area (Å²) in [6, 6.07) is 15.3. The van der Waals surface area contributed by atoms with Crippen LogP contribution in [0.15, 0.2) is 59.1 Å². The van der Waals surface area contributed by atoms with Gasteiger partial charge in [-0.05, 0) is 42.5 Å². The number of nitrogens with zero attached hydrogens (tertiary/aromatic N) is 1. The highest BCUT2D eigenvalue weighted by atomic mass is 127. The minimum absolute atomic E-state index is 0. The first-order chi connectivity index (χ1) is 10.6. The second-order valence-electron chi connectivity index (χ2n) is 4.90. The summed E-state index contributed by atoms with van der Waals surface area (Å²) in [5, 5.41) is 1.05. The SMILES string of the molecule is C[n+]1ccccc1/C=C/c1ccc(-c2ccc(Cl)c(Cl)c2)o1.[I-]. The van der Waals surface area contributed by atoms with Gasteiger partial charge in [0, 0.05) is 23.8 Å². The molecule has 0 saturated carbocycles. The number of pyridine rings is 1. The molecular formula is C18H14Cl2INO. The molecule has 0 radical (unpaired) electrons. The molecule has 0 atom stereocenters. The van der Waals surface area contributed by atoms with Crippen LogP contribution in [0.2, 0.25) is 10.0 Å². The number of aromatic nitrogens is 1. The van der Waals surface area contributed by atoms with Gasteiger partial charge in [-0.25, -0.2) is 4.57 Å². The van der Waals surface area contributed by atoms with Gasteiger partial charge in [0.15, 0.2) is 6.20 Å². The van der Waals surface area contributed by atoms with Crippen molar-refractivity contribution in [1.29, 1.82) is 0 Å². The average molecular weight is 458 g/mol. The van der Waals surface area contributed by atoms with E-state index in [0.29, 0.717) is 10.0 Å². The van der Waals surface area contributed by atoms with E-state index in [1.165, 1.54) is 0 Å². The zero-order chi connectivity index (χ0) is 15.5. The van der Waals surface area contributed by atoms with E-state index in [1.54, 1.807) is 12.1 Å². The van der Waals surface area contributed by atoms with Gasteiger partial charge in [0.05, 0.1) is 10.0 Å². The molecule has 0 amide bonds. The maximum absolute atomic E-state index is 6.04. The lowest BCUT2D eigenvalue weighted by molar-refractivity contribution is -0.673. The normalized spacial score (nSPS) is 10.7. The Kier molecular flexibility index (Phi) is 6.27. The predicted molar refractivity (Wildman–Crippen MR) is 90.7 cm³/mol. The minimum Gasteiger partial charge on any atom is -1.00 e. The molecule has 3 aromatic rings. The molecule has 5 heteroatoms. The summed E-state index contributed by atoms with van der Waals surface area (Å²) in [7, 11) is 2.00. The van der Waals surface area contributed by atoms with Gasteiger partial charge in [0.2, 0.25) is 5.69 Å². The predicted octanol–water partition coefficient (Wildman–Crippen LogP) is 2.25. The maximum Gasteiger partial charge on any atom is 0.205 e. The molecule has 23 heavy (non-hydrogen) atoms. The molecular weight excluding hydrogens is 444 g/mol. The van der Waals surface area contributed by atoms with Crippen LogP contribution in [0.25, 0.3) is 23.5 Å². The first kappa shape index (κ1) is 18.0. The van der Waals surface area contributed by atoms with Crippen molar-refractivity contribution in [2.24, 2.45) is 7.05 Å². The lowest BCUT2D eigenvalue weighted by Crippen LogP contribution is -3.00. The number of hydrogen-bond donors (Lipinski definition) is 0. The molecule has 3 rings (SSSR count). The van der Waals surface area contributed by atoms with Gasteiger partial charge in [0.1, 0.15) is 18.6 Å². The first-order valence-corrected chi connectivity index (χ1v) is 7.57. The van der Waals surface area contributed by atoms with Crippen LogP contribution in [0, 0.1) is 0 Å². The Morgan fingerprint density at radius 1 is 0.957 bits per heavy atom. The quantitative estimate of drug-likeness (QED) is 0.435. The lowest BCUT2D eigenvalue weighted by Gasteiger charge is -1.99. The highest BCUT2D eigenvalue weighted by Gasteiger charge is 2.06. The fourth-order valence-electron chi connectivity index (χ4n) is 2.12. The van der Waals surface area contributed by atoms with Gasteiger partial charge < -0.3 is 28.4 Å². The van der Waals surface area contributed by atoms with Crippen molar-refractivity contribution < 1.29 is 33.0 Å². The van der Waals surface area contributed by atoms with Crippen LogP contribution in [0.3, 0.4) is 0 Å². The number of benzene rings is 1. The smallest absolute Gasteiger partial charge is 0.205 e. The highest BCUT2D eigenvalue weighted by Crippen LogP contribution is 2.29. The summed E-state index contributed by atoms with van der Waals surface area (Å²) in [6.07, 6.45) is 5.96. The third kappa shape index (κ3) is 4.37. The van der Waals surface area contributed by atoms with Gasteiger partial charge in [-0.1, -0.05) is 23.2 Å². The Morgan fingerprint density at radius 2 is 1.78 bits per heavy atom. The largest absolute Gasteiger partial charge is 1.00 e. The second kappa shape index (κ2) is 7.99. The van der Waals surface area contributed by atoms with E-state index in [-0.39, 0.29) is 24.0 Å². The molecule has 0 unspecified atom stereocenters. The van der Waals surface area contributed by atoms with Gasteiger partial charge in [-0.15, -0.1) is 0 Å². The molecule has 0 aliphatic heterocycles. The summed E-state index contributed by atoms with van der Waals surface area (Å²) in [4.78, 5) is 0. The average Bonchev–Trinajstić information content (AvgIpc) is 2.98. The molecule has 0 spiro atoms.